The van der Waals surface area contributed by atoms with Crippen molar-refractivity contribution >= 4 is 5.91 Å². The highest BCUT2D eigenvalue weighted by Crippen LogP contribution is 2.16. The Bertz CT molecular complexity index is 203. The molecule has 2 heteroatoms. The van der Waals surface area contributed by atoms with Crippen LogP contribution in [-0.2, 0) is 4.79 Å². The fourth-order valence-corrected chi connectivity index (χ4v) is 1.03. The molecule has 0 radical (unpaired) electrons. The van der Waals surface area contributed by atoms with Crippen molar-refractivity contribution in [1.82, 2.24) is 0 Å². The highest BCUT2D eigenvalue weighted by Gasteiger charge is 2.09. The summed E-state index contributed by atoms with van der Waals surface area (Å²) in [6.45, 7) is 2.06. The van der Waals surface area contributed by atoms with Gasteiger partial charge in [-0.1, -0.05) is 25.2 Å². The van der Waals surface area contributed by atoms with Gasteiger partial charge in [-0.3, -0.25) is 4.79 Å². The quantitative estimate of drug-likeness (QED) is 0.575. The number of hydrogen-bond donors (Lipinski definition) is 1. The van der Waals surface area contributed by atoms with Crippen LogP contribution in [0.5, 0.6) is 0 Å². The molecular weight excluding hydrogens is 126 g/mol. The van der Waals surface area contributed by atoms with Gasteiger partial charge in [-0.15, -0.1) is 0 Å². The maximum absolute atomic E-state index is 10.6. The van der Waals surface area contributed by atoms with Gasteiger partial charge in [0.05, 0.1) is 0 Å². The Morgan fingerprint density at radius 1 is 1.80 bits per heavy atom. The molecule has 0 saturated heterocycles. The summed E-state index contributed by atoms with van der Waals surface area (Å²) in [5.74, 6) is 0.156. The Hall–Kier alpha value is -1.05. The summed E-state index contributed by atoms with van der Waals surface area (Å²) < 4.78 is 0. The second-order valence-corrected chi connectivity index (χ2v) is 2.62. The molecule has 1 atom stereocenters. The number of hydrogen-bond acceptors (Lipinski definition) is 1. The molecule has 1 rings (SSSR count). The minimum Gasteiger partial charge on any atom is -0.366 e. The average Bonchev–Trinajstić information content (AvgIpc) is 1.88. The summed E-state index contributed by atoms with van der Waals surface area (Å²) in [5.41, 5.74) is 5.82. The van der Waals surface area contributed by atoms with Crippen LogP contribution in [0.25, 0.3) is 0 Å². The van der Waals surface area contributed by atoms with Gasteiger partial charge in [-0.25, -0.2) is 0 Å². The average molecular weight is 137 g/mol. The van der Waals surface area contributed by atoms with Crippen molar-refractivity contribution < 1.29 is 4.79 Å². The molecule has 0 aliphatic heterocycles. The molecule has 1 aliphatic rings. The maximum Gasteiger partial charge on any atom is 0.244 e. The summed E-state index contributed by atoms with van der Waals surface area (Å²) in [5, 5.41) is 0. The highest BCUT2D eigenvalue weighted by atomic mass is 16.1. The van der Waals surface area contributed by atoms with E-state index in [9.17, 15) is 4.79 Å². The van der Waals surface area contributed by atoms with E-state index < -0.39 is 0 Å². The minimum atomic E-state index is -0.295. The molecule has 54 valence electrons. The zero-order valence-corrected chi connectivity index (χ0v) is 6.00. The zero-order valence-electron chi connectivity index (χ0n) is 6.00. The standard InChI is InChI=1S/C8H11NO/c1-6-3-2-4-7(5-6)8(9)10/h2-4,6H,5H2,1H3,(H2,9,10). The Labute approximate surface area is 60.4 Å². The summed E-state index contributed by atoms with van der Waals surface area (Å²) in [6.07, 6.45) is 6.51. The van der Waals surface area contributed by atoms with Gasteiger partial charge in [0.2, 0.25) is 5.91 Å². The Morgan fingerprint density at radius 2 is 2.50 bits per heavy atom. The predicted octanol–water partition coefficient (Wildman–Crippen LogP) is 0.994. The van der Waals surface area contributed by atoms with Crippen LogP contribution in [0.2, 0.25) is 0 Å². The Balaban J connectivity index is 2.71. The van der Waals surface area contributed by atoms with E-state index in [1.54, 1.807) is 6.08 Å². The van der Waals surface area contributed by atoms with Gasteiger partial charge in [0.25, 0.3) is 0 Å². The molecule has 0 bridgehead atoms. The molecule has 0 fully saturated rings. The van der Waals surface area contributed by atoms with Gasteiger partial charge < -0.3 is 5.73 Å². The van der Waals surface area contributed by atoms with Gasteiger partial charge in [-0.05, 0) is 12.3 Å². The topological polar surface area (TPSA) is 43.1 Å². The molecule has 0 aromatic rings. The monoisotopic (exact) mass is 137 g/mol. The van der Waals surface area contributed by atoms with Crippen molar-refractivity contribution in [3.8, 4) is 0 Å². The number of carbonyl (C=O) groups is 1. The third kappa shape index (κ3) is 1.47. The summed E-state index contributed by atoms with van der Waals surface area (Å²) in [7, 11) is 0. The first-order valence-corrected chi connectivity index (χ1v) is 3.37. The molecule has 1 aliphatic carbocycles. The molecule has 0 saturated carbocycles. The third-order valence-electron chi connectivity index (χ3n) is 1.60. The fraction of sp³-hybridized carbons (Fsp3) is 0.375. The summed E-state index contributed by atoms with van der Waals surface area (Å²) in [6, 6.07) is 0. The van der Waals surface area contributed by atoms with E-state index in [1.165, 1.54) is 0 Å². The Kier molecular flexibility index (Phi) is 1.90. The van der Waals surface area contributed by atoms with E-state index in [4.69, 9.17) is 5.73 Å². The fourth-order valence-electron chi connectivity index (χ4n) is 1.03. The molecule has 0 heterocycles. The van der Waals surface area contributed by atoms with Gasteiger partial charge in [0, 0.05) is 5.57 Å². The zero-order chi connectivity index (χ0) is 7.56. The lowest BCUT2D eigenvalue weighted by atomic mass is 9.96. The van der Waals surface area contributed by atoms with Crippen LogP contribution in [0.4, 0.5) is 0 Å². The van der Waals surface area contributed by atoms with Crippen LogP contribution in [0, 0.1) is 5.92 Å². The number of rotatable bonds is 1. The molecule has 0 spiro atoms. The third-order valence-corrected chi connectivity index (χ3v) is 1.60. The number of carbonyl (C=O) groups excluding carboxylic acids is 1. The first-order chi connectivity index (χ1) is 4.70. The van der Waals surface area contributed by atoms with E-state index in [0.717, 1.165) is 12.0 Å². The van der Waals surface area contributed by atoms with E-state index in [1.807, 2.05) is 6.08 Å². The van der Waals surface area contributed by atoms with Crippen LogP contribution in [-0.4, -0.2) is 5.91 Å². The van der Waals surface area contributed by atoms with Crippen LogP contribution >= 0.6 is 0 Å². The van der Waals surface area contributed by atoms with E-state index in [-0.39, 0.29) is 5.91 Å². The van der Waals surface area contributed by atoms with Gasteiger partial charge in [0.1, 0.15) is 0 Å². The number of amides is 1. The van der Waals surface area contributed by atoms with Crippen LogP contribution < -0.4 is 5.73 Å². The van der Waals surface area contributed by atoms with E-state index >= 15 is 0 Å². The molecule has 2 N–H and O–H groups in total. The molecule has 0 aromatic heterocycles. The Morgan fingerprint density at radius 3 is 2.90 bits per heavy atom. The number of allylic oxidation sites excluding steroid dienone is 3. The molecule has 0 aromatic carbocycles. The van der Waals surface area contributed by atoms with Gasteiger partial charge >= 0.3 is 0 Å². The first-order valence-electron chi connectivity index (χ1n) is 3.37. The maximum atomic E-state index is 10.6. The minimum absolute atomic E-state index is 0.295. The van der Waals surface area contributed by atoms with Crippen molar-refractivity contribution in [1.29, 1.82) is 0 Å². The van der Waals surface area contributed by atoms with E-state index in [0.29, 0.717) is 5.92 Å². The summed E-state index contributed by atoms with van der Waals surface area (Å²) in [4.78, 5) is 10.6. The molecule has 2 nitrogen and oxygen atoms in total. The normalized spacial score (nSPS) is 24.1. The summed E-state index contributed by atoms with van der Waals surface area (Å²) >= 11 is 0. The molecular formula is C8H11NO. The van der Waals surface area contributed by atoms with Crippen LogP contribution in [0.1, 0.15) is 13.3 Å². The lowest BCUT2D eigenvalue weighted by Gasteiger charge is -2.10. The molecule has 1 amide bonds. The first kappa shape index (κ1) is 7.06. The van der Waals surface area contributed by atoms with Crippen molar-refractivity contribution in [2.24, 2.45) is 11.7 Å². The highest BCUT2D eigenvalue weighted by molar-refractivity contribution is 5.92. The lowest BCUT2D eigenvalue weighted by molar-refractivity contribution is -0.114. The predicted molar refractivity (Wildman–Crippen MR) is 40.2 cm³/mol. The second kappa shape index (κ2) is 2.69. The van der Waals surface area contributed by atoms with Crippen LogP contribution in [0.15, 0.2) is 23.8 Å². The second-order valence-electron chi connectivity index (χ2n) is 2.62. The molecule has 1 unspecified atom stereocenters. The van der Waals surface area contributed by atoms with Gasteiger partial charge in [0.15, 0.2) is 0 Å². The van der Waals surface area contributed by atoms with Crippen molar-refractivity contribution in [3.05, 3.63) is 23.8 Å². The van der Waals surface area contributed by atoms with Crippen molar-refractivity contribution in [2.45, 2.75) is 13.3 Å². The number of primary amides is 1. The smallest absolute Gasteiger partial charge is 0.244 e. The number of nitrogens with two attached hydrogens (primary N) is 1. The lowest BCUT2D eigenvalue weighted by Crippen LogP contribution is -2.16. The van der Waals surface area contributed by atoms with Crippen molar-refractivity contribution in [3.63, 3.8) is 0 Å². The van der Waals surface area contributed by atoms with Crippen LogP contribution in [0.3, 0.4) is 0 Å². The van der Waals surface area contributed by atoms with Crippen molar-refractivity contribution in [2.75, 3.05) is 0 Å². The van der Waals surface area contributed by atoms with E-state index in [2.05, 4.69) is 13.0 Å². The largest absolute Gasteiger partial charge is 0.366 e. The van der Waals surface area contributed by atoms with Gasteiger partial charge in [-0.2, -0.15) is 0 Å². The SMILES string of the molecule is CC1C=CC=C(C(N)=O)C1. The molecule has 10 heavy (non-hydrogen) atoms.